The Morgan fingerprint density at radius 2 is 2.12 bits per heavy atom. The molecule has 1 aromatic rings. The van der Waals surface area contributed by atoms with E-state index in [1.54, 1.807) is 12.1 Å². The average Bonchev–Trinajstić information content (AvgIpc) is 2.23. The van der Waals surface area contributed by atoms with Crippen LogP contribution in [0.25, 0.3) is 0 Å². The molecule has 0 amide bonds. The summed E-state index contributed by atoms with van der Waals surface area (Å²) in [5, 5.41) is 9.08. The molecule has 1 aliphatic heterocycles. The maximum Gasteiger partial charge on any atom is 0.337 e. The Morgan fingerprint density at radius 3 is 2.75 bits per heavy atom. The van der Waals surface area contributed by atoms with Gasteiger partial charge in [-0.1, -0.05) is 25.5 Å². The predicted octanol–water partition coefficient (Wildman–Crippen LogP) is 2.62. The molecule has 1 saturated heterocycles. The quantitative estimate of drug-likeness (QED) is 0.846. The van der Waals surface area contributed by atoms with E-state index in [2.05, 4.69) is 11.8 Å². The monoisotopic (exact) mass is 219 g/mol. The summed E-state index contributed by atoms with van der Waals surface area (Å²) < 4.78 is 0. The highest BCUT2D eigenvalue weighted by Gasteiger charge is 2.28. The number of nitrogens with zero attached hydrogens (tertiary/aromatic N) is 1. The Bertz CT molecular complexity index is 383. The van der Waals surface area contributed by atoms with Gasteiger partial charge in [-0.3, -0.25) is 0 Å². The van der Waals surface area contributed by atoms with Crippen LogP contribution in [0.2, 0.25) is 0 Å². The number of hydrogen-bond acceptors (Lipinski definition) is 2. The molecule has 1 aliphatic rings. The van der Waals surface area contributed by atoms with Crippen molar-refractivity contribution in [3.05, 3.63) is 29.8 Å². The lowest BCUT2D eigenvalue weighted by Gasteiger charge is -2.41. The second kappa shape index (κ2) is 4.56. The van der Waals surface area contributed by atoms with E-state index in [0.717, 1.165) is 24.7 Å². The van der Waals surface area contributed by atoms with Crippen LogP contribution >= 0.6 is 0 Å². The van der Waals surface area contributed by atoms with Gasteiger partial charge in [0, 0.05) is 13.1 Å². The summed E-state index contributed by atoms with van der Waals surface area (Å²) in [5.41, 5.74) is 1.28. The van der Waals surface area contributed by atoms with E-state index in [1.165, 1.54) is 12.8 Å². The number of benzene rings is 1. The molecule has 3 nitrogen and oxygen atoms in total. The first kappa shape index (κ1) is 11.0. The zero-order valence-corrected chi connectivity index (χ0v) is 9.52. The Morgan fingerprint density at radius 1 is 1.44 bits per heavy atom. The SMILES string of the molecule is CCCC1CN(c2ccccc2C(=O)O)C1. The van der Waals surface area contributed by atoms with Crippen LogP contribution in [0.3, 0.4) is 0 Å². The molecule has 1 aromatic carbocycles. The lowest BCUT2D eigenvalue weighted by molar-refractivity contribution is 0.0697. The van der Waals surface area contributed by atoms with Crippen LogP contribution in [0.5, 0.6) is 0 Å². The smallest absolute Gasteiger partial charge is 0.337 e. The van der Waals surface area contributed by atoms with Gasteiger partial charge in [0.05, 0.1) is 11.3 Å². The molecule has 0 radical (unpaired) electrons. The minimum absolute atomic E-state index is 0.414. The van der Waals surface area contributed by atoms with Crippen LogP contribution in [0, 0.1) is 5.92 Å². The number of hydrogen-bond donors (Lipinski definition) is 1. The maximum absolute atomic E-state index is 11.0. The van der Waals surface area contributed by atoms with Gasteiger partial charge in [-0.05, 0) is 24.5 Å². The molecule has 1 N–H and O–H groups in total. The number of carboxylic acid groups (broad SMARTS) is 1. The van der Waals surface area contributed by atoms with E-state index >= 15 is 0 Å². The molecule has 0 saturated carbocycles. The van der Waals surface area contributed by atoms with Crippen molar-refractivity contribution >= 4 is 11.7 Å². The first-order chi connectivity index (χ1) is 7.72. The van der Waals surface area contributed by atoms with Crippen LogP contribution in [-0.2, 0) is 0 Å². The van der Waals surface area contributed by atoms with Crippen molar-refractivity contribution in [3.8, 4) is 0 Å². The van der Waals surface area contributed by atoms with Crippen LogP contribution in [0.4, 0.5) is 5.69 Å². The second-order valence-corrected chi connectivity index (χ2v) is 4.38. The fourth-order valence-electron chi connectivity index (χ4n) is 2.29. The number of carboxylic acids is 1. The highest BCUT2D eigenvalue weighted by molar-refractivity contribution is 5.94. The number of para-hydroxylation sites is 1. The zero-order chi connectivity index (χ0) is 11.5. The number of carbonyl (C=O) groups is 1. The molecule has 2 rings (SSSR count). The van der Waals surface area contributed by atoms with Gasteiger partial charge in [-0.2, -0.15) is 0 Å². The van der Waals surface area contributed by atoms with Crippen LogP contribution in [-0.4, -0.2) is 24.2 Å². The van der Waals surface area contributed by atoms with Crippen molar-refractivity contribution in [1.82, 2.24) is 0 Å². The third-order valence-corrected chi connectivity index (χ3v) is 3.13. The second-order valence-electron chi connectivity index (χ2n) is 4.38. The number of anilines is 1. The molecule has 0 bridgehead atoms. The Hall–Kier alpha value is -1.51. The topological polar surface area (TPSA) is 40.5 Å². The van der Waals surface area contributed by atoms with Gasteiger partial charge >= 0.3 is 5.97 Å². The first-order valence-corrected chi connectivity index (χ1v) is 5.79. The van der Waals surface area contributed by atoms with Gasteiger partial charge in [0.1, 0.15) is 0 Å². The zero-order valence-electron chi connectivity index (χ0n) is 9.52. The van der Waals surface area contributed by atoms with Gasteiger partial charge in [0.25, 0.3) is 0 Å². The number of aromatic carboxylic acids is 1. The van der Waals surface area contributed by atoms with Crippen molar-refractivity contribution in [1.29, 1.82) is 0 Å². The highest BCUT2D eigenvalue weighted by atomic mass is 16.4. The summed E-state index contributed by atoms with van der Waals surface area (Å²) in [6.07, 6.45) is 2.45. The molecule has 3 heteroatoms. The number of rotatable bonds is 4. The molecule has 0 unspecified atom stereocenters. The third-order valence-electron chi connectivity index (χ3n) is 3.13. The van der Waals surface area contributed by atoms with E-state index in [4.69, 9.17) is 5.11 Å². The van der Waals surface area contributed by atoms with Crippen molar-refractivity contribution in [2.75, 3.05) is 18.0 Å². The summed E-state index contributed by atoms with van der Waals surface area (Å²) in [5.74, 6) is -0.0959. The fourth-order valence-corrected chi connectivity index (χ4v) is 2.29. The molecule has 0 atom stereocenters. The molecule has 0 spiro atoms. The molecular formula is C13H17NO2. The molecule has 0 aliphatic carbocycles. The van der Waals surface area contributed by atoms with Gasteiger partial charge < -0.3 is 10.0 Å². The lowest BCUT2D eigenvalue weighted by Crippen LogP contribution is -2.47. The Balaban J connectivity index is 2.08. The predicted molar refractivity (Wildman–Crippen MR) is 64.0 cm³/mol. The molecule has 86 valence electrons. The molecule has 1 fully saturated rings. The summed E-state index contributed by atoms with van der Waals surface area (Å²) >= 11 is 0. The third kappa shape index (κ3) is 2.03. The molecular weight excluding hydrogens is 202 g/mol. The van der Waals surface area contributed by atoms with Crippen LogP contribution < -0.4 is 4.90 Å². The van der Waals surface area contributed by atoms with E-state index in [-0.39, 0.29) is 0 Å². The van der Waals surface area contributed by atoms with Crippen molar-refractivity contribution in [2.24, 2.45) is 5.92 Å². The van der Waals surface area contributed by atoms with Gasteiger partial charge in [-0.15, -0.1) is 0 Å². The summed E-state index contributed by atoms with van der Waals surface area (Å²) in [6.45, 7) is 4.18. The summed E-state index contributed by atoms with van der Waals surface area (Å²) in [4.78, 5) is 13.2. The van der Waals surface area contributed by atoms with E-state index < -0.39 is 5.97 Å². The standard InChI is InChI=1S/C13H17NO2/c1-2-5-10-8-14(9-10)12-7-4-3-6-11(12)13(15)16/h3-4,6-7,10H,2,5,8-9H2,1H3,(H,15,16). The van der Waals surface area contributed by atoms with Gasteiger partial charge in [0.2, 0.25) is 0 Å². The summed E-state index contributed by atoms with van der Waals surface area (Å²) in [7, 11) is 0. The maximum atomic E-state index is 11.0. The van der Waals surface area contributed by atoms with E-state index in [1.807, 2.05) is 12.1 Å². The highest BCUT2D eigenvalue weighted by Crippen LogP contribution is 2.29. The van der Waals surface area contributed by atoms with E-state index in [0.29, 0.717) is 5.56 Å². The lowest BCUT2D eigenvalue weighted by atomic mass is 9.93. The Kier molecular flexibility index (Phi) is 3.13. The van der Waals surface area contributed by atoms with Crippen LogP contribution in [0.1, 0.15) is 30.1 Å². The largest absolute Gasteiger partial charge is 0.478 e. The minimum Gasteiger partial charge on any atom is -0.478 e. The Labute approximate surface area is 95.7 Å². The van der Waals surface area contributed by atoms with Crippen molar-refractivity contribution in [3.63, 3.8) is 0 Å². The first-order valence-electron chi connectivity index (χ1n) is 5.79. The molecule has 0 aromatic heterocycles. The van der Waals surface area contributed by atoms with Crippen LogP contribution in [0.15, 0.2) is 24.3 Å². The minimum atomic E-state index is -0.838. The van der Waals surface area contributed by atoms with Gasteiger partial charge in [0.15, 0.2) is 0 Å². The summed E-state index contributed by atoms with van der Waals surface area (Å²) in [6, 6.07) is 7.24. The van der Waals surface area contributed by atoms with Crippen molar-refractivity contribution < 1.29 is 9.90 Å². The van der Waals surface area contributed by atoms with E-state index in [9.17, 15) is 4.79 Å². The fraction of sp³-hybridized carbons (Fsp3) is 0.462. The molecule has 16 heavy (non-hydrogen) atoms. The van der Waals surface area contributed by atoms with Crippen molar-refractivity contribution in [2.45, 2.75) is 19.8 Å². The molecule has 1 heterocycles. The average molecular weight is 219 g/mol. The van der Waals surface area contributed by atoms with Gasteiger partial charge in [-0.25, -0.2) is 4.79 Å². The normalized spacial score (nSPS) is 15.9.